The van der Waals surface area contributed by atoms with Crippen LogP contribution >= 0.6 is 0 Å². The van der Waals surface area contributed by atoms with Crippen molar-refractivity contribution < 1.29 is 19.5 Å². The summed E-state index contributed by atoms with van der Waals surface area (Å²) in [5.74, 6) is 0. The van der Waals surface area contributed by atoms with Gasteiger partial charge in [0.05, 0.1) is 5.60 Å². The number of imide groups is 1. The largest absolute Gasteiger partial charge is 0.463 e. The average Bonchev–Trinajstić information content (AvgIpc) is 1.80. The lowest BCUT2D eigenvalue weighted by Gasteiger charge is -2.22. The van der Waals surface area contributed by atoms with Gasteiger partial charge in [-0.25, -0.2) is 4.79 Å². The minimum Gasteiger partial charge on any atom is -0.463 e. The topological polar surface area (TPSA) is 66.8 Å². The van der Waals surface area contributed by atoms with E-state index in [-0.39, 0.29) is 11.5 Å². The Labute approximate surface area is 64.5 Å². The molecule has 0 unspecified atom stereocenters. The summed E-state index contributed by atoms with van der Waals surface area (Å²) in [6, 6.07) is 0. The maximum Gasteiger partial charge on any atom is 0.438 e. The smallest absolute Gasteiger partial charge is 0.438 e. The van der Waals surface area contributed by atoms with Gasteiger partial charge >= 0.3 is 6.09 Å². The van der Waals surface area contributed by atoms with Crippen molar-refractivity contribution in [1.82, 2.24) is 5.06 Å². The first kappa shape index (κ1) is 9.90. The Kier molecular flexibility index (Phi) is 3.00. The fraction of sp³-hybridized carbons (Fsp3) is 0.667. The van der Waals surface area contributed by atoms with Crippen molar-refractivity contribution in [2.45, 2.75) is 26.4 Å². The van der Waals surface area contributed by atoms with E-state index < -0.39 is 11.7 Å². The van der Waals surface area contributed by atoms with Crippen molar-refractivity contribution >= 4 is 12.5 Å². The number of hydroxylamine groups is 2. The number of hydrogen-bond donors (Lipinski definition) is 1. The van der Waals surface area contributed by atoms with Crippen molar-refractivity contribution in [3.8, 4) is 0 Å². The van der Waals surface area contributed by atoms with E-state index in [4.69, 9.17) is 9.94 Å². The molecule has 5 heteroatoms. The van der Waals surface area contributed by atoms with E-state index in [0.29, 0.717) is 0 Å². The Bertz CT molecular complexity index is 160. The molecule has 0 aromatic rings. The molecule has 0 saturated carbocycles. The highest BCUT2D eigenvalue weighted by atomic mass is 16.7. The van der Waals surface area contributed by atoms with Crippen molar-refractivity contribution in [1.29, 1.82) is 0 Å². The second-order valence-electron chi connectivity index (χ2n) is 2.92. The van der Waals surface area contributed by atoms with Crippen LogP contribution in [-0.4, -0.2) is 28.3 Å². The van der Waals surface area contributed by atoms with Crippen molar-refractivity contribution in [3.05, 3.63) is 0 Å². The lowest BCUT2D eigenvalue weighted by atomic mass is 10.2. The van der Waals surface area contributed by atoms with E-state index in [1.54, 1.807) is 20.8 Å². The lowest BCUT2D eigenvalue weighted by Crippen LogP contribution is -2.36. The first-order valence-electron chi connectivity index (χ1n) is 3.03. The van der Waals surface area contributed by atoms with Crippen LogP contribution in [0.4, 0.5) is 4.79 Å². The number of amides is 2. The van der Waals surface area contributed by atoms with E-state index in [0.717, 1.165) is 0 Å². The van der Waals surface area contributed by atoms with Gasteiger partial charge in [-0.2, -0.15) is 0 Å². The molecule has 0 spiro atoms. The summed E-state index contributed by atoms with van der Waals surface area (Å²) in [6.07, 6.45) is -1.32. The minimum absolute atomic E-state index is 0.105. The van der Waals surface area contributed by atoms with Gasteiger partial charge in [-0.3, -0.25) is 9.63 Å². The Morgan fingerprint density at radius 1 is 1.55 bits per heavy atom. The highest BCUT2D eigenvalue weighted by molar-refractivity contribution is 5.76. The number of carboxylic acid groups (broad SMARTS) is 1. The minimum atomic E-state index is -1.42. The second-order valence-corrected chi connectivity index (χ2v) is 2.92. The molecular weight excluding hydrogens is 150 g/mol. The van der Waals surface area contributed by atoms with Crippen molar-refractivity contribution in [2.75, 3.05) is 0 Å². The highest BCUT2D eigenvalue weighted by Crippen LogP contribution is 2.08. The summed E-state index contributed by atoms with van der Waals surface area (Å²) in [4.78, 5) is 24.9. The Balaban J connectivity index is 4.10. The van der Waals surface area contributed by atoms with Gasteiger partial charge in [0, 0.05) is 0 Å². The summed E-state index contributed by atoms with van der Waals surface area (Å²) in [6.45, 7) is 4.94. The molecule has 0 aliphatic heterocycles. The van der Waals surface area contributed by atoms with Crippen LogP contribution in [0.1, 0.15) is 20.8 Å². The zero-order chi connectivity index (χ0) is 9.07. The predicted octanol–water partition coefficient (Wildman–Crippen LogP) is 0.853. The molecule has 2 amide bonds. The van der Waals surface area contributed by atoms with Gasteiger partial charge in [0.25, 0.3) is 0 Å². The number of hydrogen-bond acceptors (Lipinski definition) is 3. The molecule has 0 aromatic carbocycles. The average molecular weight is 161 g/mol. The number of rotatable bonds is 2. The molecule has 0 rings (SSSR count). The molecule has 0 fully saturated rings. The first-order valence-corrected chi connectivity index (χ1v) is 3.03. The van der Waals surface area contributed by atoms with Gasteiger partial charge < -0.3 is 5.11 Å². The number of carbonyl (C=O) groups excluding carboxylic acids is 1. The van der Waals surface area contributed by atoms with Gasteiger partial charge in [-0.1, -0.05) is 0 Å². The normalized spacial score (nSPS) is 10.8. The molecule has 0 bridgehead atoms. The number of nitrogens with zero attached hydrogens (tertiary/aromatic N) is 1. The van der Waals surface area contributed by atoms with E-state index in [2.05, 4.69) is 0 Å². The Hall–Kier alpha value is -1.10. The van der Waals surface area contributed by atoms with Crippen LogP contribution in [0.3, 0.4) is 0 Å². The summed E-state index contributed by atoms with van der Waals surface area (Å²) in [5.41, 5.74) is -0.681. The predicted molar refractivity (Wildman–Crippen MR) is 36.8 cm³/mol. The van der Waals surface area contributed by atoms with Crippen LogP contribution in [0.15, 0.2) is 0 Å². The fourth-order valence-electron chi connectivity index (χ4n) is 0.401. The molecule has 0 aliphatic carbocycles. The number of carbonyl (C=O) groups is 2. The van der Waals surface area contributed by atoms with E-state index in [1.165, 1.54) is 0 Å². The highest BCUT2D eigenvalue weighted by Gasteiger charge is 2.20. The monoisotopic (exact) mass is 161 g/mol. The van der Waals surface area contributed by atoms with Crippen LogP contribution in [0.2, 0.25) is 0 Å². The quantitative estimate of drug-likeness (QED) is 0.481. The molecule has 64 valence electrons. The molecule has 0 aromatic heterocycles. The van der Waals surface area contributed by atoms with Crippen LogP contribution in [0, 0.1) is 0 Å². The van der Waals surface area contributed by atoms with E-state index in [1.807, 2.05) is 0 Å². The van der Waals surface area contributed by atoms with Crippen LogP contribution in [0.25, 0.3) is 0 Å². The molecule has 0 heterocycles. The maximum absolute atomic E-state index is 10.2. The van der Waals surface area contributed by atoms with Crippen LogP contribution < -0.4 is 0 Å². The molecule has 1 N–H and O–H groups in total. The molecule has 0 aliphatic rings. The van der Waals surface area contributed by atoms with E-state index >= 15 is 0 Å². The zero-order valence-corrected chi connectivity index (χ0v) is 6.70. The summed E-state index contributed by atoms with van der Waals surface area (Å²) in [5, 5.41) is 8.54. The molecule has 0 atom stereocenters. The summed E-state index contributed by atoms with van der Waals surface area (Å²) in [7, 11) is 0. The van der Waals surface area contributed by atoms with Gasteiger partial charge in [-0.05, 0) is 20.8 Å². The van der Waals surface area contributed by atoms with Gasteiger partial charge in [0.2, 0.25) is 6.41 Å². The standard InChI is InChI=1S/C6H11NO4/c1-6(2,3)11-7(4-8)5(9)10/h4H,1-3H3,(H,9,10). The fourth-order valence-corrected chi connectivity index (χ4v) is 0.401. The first-order chi connectivity index (χ1) is 4.87. The van der Waals surface area contributed by atoms with Crippen molar-refractivity contribution in [3.63, 3.8) is 0 Å². The molecule has 0 saturated heterocycles. The molecule has 5 nitrogen and oxygen atoms in total. The third-order valence-corrected chi connectivity index (χ3v) is 0.656. The van der Waals surface area contributed by atoms with E-state index in [9.17, 15) is 9.59 Å². The summed E-state index contributed by atoms with van der Waals surface area (Å²) < 4.78 is 0. The van der Waals surface area contributed by atoms with Crippen LogP contribution in [0.5, 0.6) is 0 Å². The SMILES string of the molecule is CC(C)(C)ON(C=O)C(=O)O. The zero-order valence-electron chi connectivity index (χ0n) is 6.70. The maximum atomic E-state index is 10.2. The summed E-state index contributed by atoms with van der Waals surface area (Å²) >= 11 is 0. The third-order valence-electron chi connectivity index (χ3n) is 0.656. The van der Waals surface area contributed by atoms with Gasteiger partial charge in [0.1, 0.15) is 0 Å². The van der Waals surface area contributed by atoms with Gasteiger partial charge in [-0.15, -0.1) is 5.06 Å². The Morgan fingerprint density at radius 3 is 2.09 bits per heavy atom. The van der Waals surface area contributed by atoms with Gasteiger partial charge in [0.15, 0.2) is 0 Å². The second kappa shape index (κ2) is 3.34. The van der Waals surface area contributed by atoms with Crippen LogP contribution in [-0.2, 0) is 9.63 Å². The van der Waals surface area contributed by atoms with Crippen molar-refractivity contribution in [2.24, 2.45) is 0 Å². The third kappa shape index (κ3) is 4.32. The molecular formula is C6H11NO4. The molecule has 0 radical (unpaired) electrons. The lowest BCUT2D eigenvalue weighted by molar-refractivity contribution is -0.197. The Morgan fingerprint density at radius 2 is 2.00 bits per heavy atom. The molecule has 11 heavy (non-hydrogen) atoms.